The molecule has 0 radical (unpaired) electrons. The first kappa shape index (κ1) is 16.4. The van der Waals surface area contributed by atoms with Crippen LogP contribution in [0.5, 0.6) is 0 Å². The summed E-state index contributed by atoms with van der Waals surface area (Å²) in [5.74, 6) is -0.190. The second kappa shape index (κ2) is 6.97. The van der Waals surface area contributed by atoms with Gasteiger partial charge in [0.15, 0.2) is 0 Å². The van der Waals surface area contributed by atoms with Crippen molar-refractivity contribution in [3.05, 3.63) is 77.5 Å². The van der Waals surface area contributed by atoms with Gasteiger partial charge in [-0.25, -0.2) is 4.39 Å². The Morgan fingerprint density at radius 1 is 1.00 bits per heavy atom. The lowest BCUT2D eigenvalue weighted by Crippen LogP contribution is -1.94. The molecule has 0 aliphatic heterocycles. The first-order valence-corrected chi connectivity index (χ1v) is 9.79. The minimum absolute atomic E-state index is 0.190. The number of benzene rings is 2. The van der Waals surface area contributed by atoms with Crippen LogP contribution in [0.3, 0.4) is 0 Å². The van der Waals surface area contributed by atoms with Gasteiger partial charge in [-0.1, -0.05) is 12.1 Å². The van der Waals surface area contributed by atoms with E-state index in [1.807, 2.05) is 12.1 Å². The molecule has 0 bridgehead atoms. The Morgan fingerprint density at radius 2 is 1.73 bits per heavy atom. The third-order valence-corrected chi connectivity index (χ3v) is 6.45. The predicted molar refractivity (Wildman–Crippen MR) is 109 cm³/mol. The van der Waals surface area contributed by atoms with Crippen molar-refractivity contribution in [3.63, 3.8) is 0 Å². The van der Waals surface area contributed by atoms with Crippen LogP contribution in [0, 0.1) is 19.9 Å². The monoisotopic (exact) mass is 534 g/mol. The molecule has 0 atom stereocenters. The Balaban J connectivity index is 1.87. The third-order valence-electron chi connectivity index (χ3n) is 3.57. The molecular weight excluding hydrogens is 521 g/mol. The fourth-order valence-corrected chi connectivity index (χ4v) is 5.31. The van der Waals surface area contributed by atoms with E-state index in [1.54, 1.807) is 11.3 Å². The van der Waals surface area contributed by atoms with E-state index in [4.69, 9.17) is 0 Å². The van der Waals surface area contributed by atoms with Gasteiger partial charge in [-0.15, -0.1) is 11.3 Å². The number of halogens is 3. The molecule has 0 saturated heterocycles. The maximum atomic E-state index is 13.0. The molecule has 2 aromatic carbocycles. The molecule has 3 rings (SSSR count). The smallest absolute Gasteiger partial charge is 0.123 e. The highest BCUT2D eigenvalue weighted by Crippen LogP contribution is 2.31. The lowest BCUT2D eigenvalue weighted by molar-refractivity contribution is 0.628. The summed E-state index contributed by atoms with van der Waals surface area (Å²) in [4.78, 5) is 2.52. The average molecular weight is 534 g/mol. The minimum atomic E-state index is -0.190. The molecule has 0 N–H and O–H groups in total. The van der Waals surface area contributed by atoms with E-state index in [9.17, 15) is 4.39 Å². The summed E-state index contributed by atoms with van der Waals surface area (Å²) in [5, 5.41) is 0. The van der Waals surface area contributed by atoms with E-state index >= 15 is 0 Å². The zero-order valence-corrected chi connectivity index (χ0v) is 17.0. The Labute approximate surface area is 161 Å². The molecule has 1 heterocycles. The van der Waals surface area contributed by atoms with Crippen LogP contribution < -0.4 is 0 Å². The van der Waals surface area contributed by atoms with Crippen LogP contribution in [0.25, 0.3) is 10.4 Å². The minimum Gasteiger partial charge on any atom is -0.207 e. The van der Waals surface area contributed by atoms with E-state index in [0.29, 0.717) is 0 Å². The Bertz CT molecular complexity index is 806. The standard InChI is InChI=1S/C18H13FI2S/c1-11-13(8-15(20)10-17(11)21)9-16-6-7-18(22-16)12-2-4-14(19)5-3-12/h2-8,10H,9H2,1H3. The summed E-state index contributed by atoms with van der Waals surface area (Å²) in [5.41, 5.74) is 3.81. The van der Waals surface area contributed by atoms with Gasteiger partial charge in [-0.3, -0.25) is 0 Å². The molecule has 0 amide bonds. The average Bonchev–Trinajstić information content (AvgIpc) is 2.93. The number of hydrogen-bond donors (Lipinski definition) is 0. The van der Waals surface area contributed by atoms with Gasteiger partial charge in [0, 0.05) is 23.3 Å². The summed E-state index contributed by atoms with van der Waals surface area (Å²) in [6, 6.07) is 15.5. The molecule has 0 spiro atoms. The highest BCUT2D eigenvalue weighted by atomic mass is 127. The summed E-state index contributed by atoms with van der Waals surface area (Å²) in [6.45, 7) is 2.18. The van der Waals surface area contributed by atoms with Crippen molar-refractivity contribution in [3.8, 4) is 10.4 Å². The van der Waals surface area contributed by atoms with Gasteiger partial charge in [0.05, 0.1) is 0 Å². The van der Waals surface area contributed by atoms with Crippen LogP contribution in [0.1, 0.15) is 16.0 Å². The molecule has 0 nitrogen and oxygen atoms in total. The first-order chi connectivity index (χ1) is 10.5. The van der Waals surface area contributed by atoms with Crippen molar-refractivity contribution < 1.29 is 4.39 Å². The maximum Gasteiger partial charge on any atom is 0.123 e. The van der Waals surface area contributed by atoms with Gasteiger partial charge in [-0.05, 0) is 105 Å². The Kier molecular flexibility index (Phi) is 5.19. The van der Waals surface area contributed by atoms with Gasteiger partial charge in [0.25, 0.3) is 0 Å². The van der Waals surface area contributed by atoms with Crippen LogP contribution in [0.2, 0.25) is 0 Å². The van der Waals surface area contributed by atoms with Crippen LogP contribution in [-0.2, 0) is 6.42 Å². The topological polar surface area (TPSA) is 0 Å². The van der Waals surface area contributed by atoms with Crippen LogP contribution in [0.4, 0.5) is 4.39 Å². The summed E-state index contributed by atoms with van der Waals surface area (Å²) in [6.07, 6.45) is 0.949. The van der Waals surface area contributed by atoms with Crippen molar-refractivity contribution in [2.24, 2.45) is 0 Å². The molecule has 112 valence electrons. The van der Waals surface area contributed by atoms with Crippen molar-refractivity contribution >= 4 is 56.5 Å². The Morgan fingerprint density at radius 3 is 2.45 bits per heavy atom. The Hall–Kier alpha value is -0.470. The molecule has 22 heavy (non-hydrogen) atoms. The molecule has 0 saturated carbocycles. The van der Waals surface area contributed by atoms with E-state index in [1.165, 1.54) is 40.2 Å². The molecule has 0 unspecified atom stereocenters. The number of hydrogen-bond acceptors (Lipinski definition) is 1. The van der Waals surface area contributed by atoms with Gasteiger partial charge in [0.2, 0.25) is 0 Å². The van der Waals surface area contributed by atoms with Crippen molar-refractivity contribution in [1.29, 1.82) is 0 Å². The van der Waals surface area contributed by atoms with E-state index in [0.717, 1.165) is 12.0 Å². The van der Waals surface area contributed by atoms with Gasteiger partial charge < -0.3 is 0 Å². The highest BCUT2D eigenvalue weighted by molar-refractivity contribution is 14.1. The van der Waals surface area contributed by atoms with Gasteiger partial charge in [-0.2, -0.15) is 0 Å². The lowest BCUT2D eigenvalue weighted by Gasteiger charge is -2.08. The van der Waals surface area contributed by atoms with Crippen LogP contribution in [-0.4, -0.2) is 0 Å². The lowest BCUT2D eigenvalue weighted by atomic mass is 10.1. The number of rotatable bonds is 3. The first-order valence-electron chi connectivity index (χ1n) is 6.82. The molecule has 0 aliphatic carbocycles. The molecular formula is C18H13FI2S. The summed E-state index contributed by atoms with van der Waals surface area (Å²) in [7, 11) is 0. The summed E-state index contributed by atoms with van der Waals surface area (Å²) >= 11 is 6.55. The highest BCUT2D eigenvalue weighted by Gasteiger charge is 2.08. The predicted octanol–water partition coefficient (Wildman–Crippen LogP) is 6.66. The molecule has 1 aromatic heterocycles. The molecule has 4 heteroatoms. The fraction of sp³-hybridized carbons (Fsp3) is 0.111. The SMILES string of the molecule is Cc1c(I)cc(I)cc1Cc1ccc(-c2ccc(F)cc2)s1. The van der Waals surface area contributed by atoms with Crippen LogP contribution in [0.15, 0.2) is 48.5 Å². The van der Waals surface area contributed by atoms with Gasteiger partial charge in [0.1, 0.15) is 5.82 Å². The largest absolute Gasteiger partial charge is 0.207 e. The molecule has 0 fully saturated rings. The fourth-order valence-electron chi connectivity index (χ4n) is 2.31. The zero-order chi connectivity index (χ0) is 15.7. The second-order valence-corrected chi connectivity index (χ2v) is 8.70. The normalized spacial score (nSPS) is 10.9. The van der Waals surface area contributed by atoms with E-state index in [2.05, 4.69) is 76.4 Å². The van der Waals surface area contributed by atoms with E-state index in [-0.39, 0.29) is 5.82 Å². The second-order valence-electron chi connectivity index (χ2n) is 5.12. The molecule has 0 aliphatic rings. The van der Waals surface area contributed by atoms with Gasteiger partial charge >= 0.3 is 0 Å². The third kappa shape index (κ3) is 3.71. The quantitative estimate of drug-likeness (QED) is 0.330. The van der Waals surface area contributed by atoms with Crippen molar-refractivity contribution in [2.75, 3.05) is 0 Å². The number of thiophene rings is 1. The van der Waals surface area contributed by atoms with E-state index < -0.39 is 0 Å². The molecule has 3 aromatic rings. The zero-order valence-electron chi connectivity index (χ0n) is 11.9. The van der Waals surface area contributed by atoms with Crippen LogP contribution >= 0.6 is 56.5 Å². The maximum absolute atomic E-state index is 13.0. The summed E-state index contributed by atoms with van der Waals surface area (Å²) < 4.78 is 15.6. The van der Waals surface area contributed by atoms with Crippen molar-refractivity contribution in [2.45, 2.75) is 13.3 Å². The van der Waals surface area contributed by atoms with Crippen molar-refractivity contribution in [1.82, 2.24) is 0 Å².